The van der Waals surface area contributed by atoms with Crippen LogP contribution in [0.5, 0.6) is 0 Å². The lowest BCUT2D eigenvalue weighted by atomic mass is 10.2. The van der Waals surface area contributed by atoms with Crippen molar-refractivity contribution in [3.05, 3.63) is 54.1 Å². The van der Waals surface area contributed by atoms with E-state index in [0.717, 1.165) is 10.9 Å². The minimum Gasteiger partial charge on any atom is -0.392 e. The quantitative estimate of drug-likeness (QED) is 0.749. The Bertz CT molecular complexity index is 708. The summed E-state index contributed by atoms with van der Waals surface area (Å²) >= 11 is 0. The normalized spacial score (nSPS) is 11.0. The van der Waals surface area contributed by atoms with Gasteiger partial charge in [-0.3, -0.25) is 0 Å². The van der Waals surface area contributed by atoms with Crippen molar-refractivity contribution in [1.82, 2.24) is 14.8 Å². The van der Waals surface area contributed by atoms with Gasteiger partial charge < -0.3 is 5.11 Å². The third-order valence-corrected chi connectivity index (χ3v) is 2.80. The Kier molecular flexibility index (Phi) is 2.53. The first-order valence-corrected chi connectivity index (χ1v) is 5.48. The highest BCUT2D eigenvalue weighted by Gasteiger charge is 2.13. The van der Waals surface area contributed by atoms with E-state index in [2.05, 4.69) is 10.1 Å². The highest BCUT2D eigenvalue weighted by Crippen LogP contribution is 2.20. The molecule has 3 aromatic rings. The first kappa shape index (κ1) is 10.9. The fraction of sp³-hybridized carbons (Fsp3) is 0.0769. The molecule has 2 heterocycles. The lowest BCUT2D eigenvalue weighted by molar-refractivity contribution is 0.275. The Morgan fingerprint density at radius 1 is 1.22 bits per heavy atom. The van der Waals surface area contributed by atoms with E-state index in [-0.39, 0.29) is 18.0 Å². The summed E-state index contributed by atoms with van der Waals surface area (Å²) < 4.78 is 15.5. The molecular weight excluding hydrogens is 233 g/mol. The average Bonchev–Trinajstić information content (AvgIpc) is 2.83. The molecule has 0 aliphatic heterocycles. The number of fused-ring (bicyclic) bond motifs is 1. The van der Waals surface area contributed by atoms with Crippen LogP contribution in [0.25, 0.3) is 16.7 Å². The minimum atomic E-state index is -0.547. The number of hydrogen-bond acceptors (Lipinski definition) is 3. The summed E-state index contributed by atoms with van der Waals surface area (Å²) in [7, 11) is 0. The van der Waals surface area contributed by atoms with Gasteiger partial charge in [-0.05, 0) is 12.1 Å². The molecule has 2 aromatic heterocycles. The average molecular weight is 243 g/mol. The van der Waals surface area contributed by atoms with Crippen LogP contribution in [-0.2, 0) is 6.61 Å². The Balaban J connectivity index is 2.26. The molecule has 0 fully saturated rings. The van der Waals surface area contributed by atoms with Crippen molar-refractivity contribution in [2.24, 2.45) is 0 Å². The number of aromatic nitrogens is 3. The maximum Gasteiger partial charge on any atom is 0.190 e. The number of benzene rings is 1. The molecule has 3 rings (SSSR count). The molecule has 1 aromatic carbocycles. The fourth-order valence-corrected chi connectivity index (χ4v) is 1.88. The number of aliphatic hydroxyl groups excluding tert-OH is 1. The van der Waals surface area contributed by atoms with Gasteiger partial charge in [-0.1, -0.05) is 18.2 Å². The highest BCUT2D eigenvalue weighted by atomic mass is 19.1. The number of hydrogen-bond donors (Lipinski definition) is 1. The summed E-state index contributed by atoms with van der Waals surface area (Å²) in [6.45, 7) is -0.361. The van der Waals surface area contributed by atoms with E-state index in [9.17, 15) is 4.39 Å². The Morgan fingerprint density at radius 2 is 2.06 bits per heavy atom. The van der Waals surface area contributed by atoms with Crippen LogP contribution in [0.1, 0.15) is 5.56 Å². The molecule has 0 spiro atoms. The third-order valence-electron chi connectivity index (χ3n) is 2.80. The van der Waals surface area contributed by atoms with Gasteiger partial charge in [0.2, 0.25) is 0 Å². The van der Waals surface area contributed by atoms with E-state index in [0.29, 0.717) is 0 Å². The predicted molar refractivity (Wildman–Crippen MR) is 64.7 cm³/mol. The topological polar surface area (TPSA) is 50.9 Å². The first-order valence-electron chi connectivity index (χ1n) is 5.48. The van der Waals surface area contributed by atoms with Gasteiger partial charge in [0, 0.05) is 17.1 Å². The van der Waals surface area contributed by atoms with Gasteiger partial charge in [0.25, 0.3) is 0 Å². The van der Waals surface area contributed by atoms with E-state index < -0.39 is 5.82 Å². The number of pyridine rings is 1. The standard InChI is InChI=1S/C13H10FN3O/c14-12-10(8-18)5-6-15-13(12)17-11-4-2-1-3-9(11)7-16-17/h1-7,18H,8H2. The van der Waals surface area contributed by atoms with E-state index in [1.54, 1.807) is 6.20 Å². The smallest absolute Gasteiger partial charge is 0.190 e. The highest BCUT2D eigenvalue weighted by molar-refractivity contribution is 5.79. The largest absolute Gasteiger partial charge is 0.392 e. The van der Waals surface area contributed by atoms with Crippen LogP contribution in [0.3, 0.4) is 0 Å². The molecule has 0 amide bonds. The van der Waals surface area contributed by atoms with Crippen LogP contribution < -0.4 is 0 Å². The number of halogens is 1. The first-order chi connectivity index (χ1) is 8.81. The monoisotopic (exact) mass is 243 g/mol. The van der Waals surface area contributed by atoms with Crippen molar-refractivity contribution >= 4 is 10.9 Å². The summed E-state index contributed by atoms with van der Waals surface area (Å²) in [4.78, 5) is 3.99. The second-order valence-corrected chi connectivity index (χ2v) is 3.88. The van der Waals surface area contributed by atoms with Crippen molar-refractivity contribution in [2.75, 3.05) is 0 Å². The summed E-state index contributed by atoms with van der Waals surface area (Å²) in [6, 6.07) is 8.93. The minimum absolute atomic E-state index is 0.0998. The zero-order chi connectivity index (χ0) is 12.5. The summed E-state index contributed by atoms with van der Waals surface area (Å²) in [5, 5.41) is 14.1. The molecule has 18 heavy (non-hydrogen) atoms. The Hall–Kier alpha value is -2.27. The lowest BCUT2D eigenvalue weighted by Crippen LogP contribution is -2.05. The molecule has 90 valence electrons. The summed E-state index contributed by atoms with van der Waals surface area (Å²) in [6.07, 6.45) is 3.11. The fourth-order valence-electron chi connectivity index (χ4n) is 1.88. The maximum absolute atomic E-state index is 14.1. The molecule has 4 nitrogen and oxygen atoms in total. The summed E-state index contributed by atoms with van der Waals surface area (Å²) in [5.41, 5.74) is 0.985. The molecule has 5 heteroatoms. The lowest BCUT2D eigenvalue weighted by Gasteiger charge is -2.06. The Morgan fingerprint density at radius 3 is 2.89 bits per heavy atom. The van der Waals surface area contributed by atoms with Crippen molar-refractivity contribution < 1.29 is 9.50 Å². The van der Waals surface area contributed by atoms with E-state index in [1.165, 1.54) is 16.9 Å². The Labute approximate surface area is 102 Å². The summed E-state index contributed by atoms with van der Waals surface area (Å²) in [5.74, 6) is -0.448. The molecular formula is C13H10FN3O. The second kappa shape index (κ2) is 4.19. The van der Waals surface area contributed by atoms with E-state index >= 15 is 0 Å². The van der Waals surface area contributed by atoms with Crippen LogP contribution in [-0.4, -0.2) is 19.9 Å². The molecule has 0 saturated carbocycles. The number of aliphatic hydroxyl groups is 1. The van der Waals surface area contributed by atoms with Crippen molar-refractivity contribution in [2.45, 2.75) is 6.61 Å². The van der Waals surface area contributed by atoms with Gasteiger partial charge in [0.05, 0.1) is 18.3 Å². The molecule has 0 aliphatic rings. The SMILES string of the molecule is OCc1ccnc(-n2ncc3ccccc32)c1F. The van der Waals surface area contributed by atoms with Gasteiger partial charge in [-0.15, -0.1) is 0 Å². The van der Waals surface area contributed by atoms with Crippen molar-refractivity contribution in [1.29, 1.82) is 0 Å². The zero-order valence-electron chi connectivity index (χ0n) is 9.42. The third kappa shape index (κ3) is 1.56. The van der Waals surface area contributed by atoms with E-state index in [1.807, 2.05) is 24.3 Å². The molecule has 0 saturated heterocycles. The van der Waals surface area contributed by atoms with Gasteiger partial charge in [-0.25, -0.2) is 14.1 Å². The van der Waals surface area contributed by atoms with Gasteiger partial charge >= 0.3 is 0 Å². The zero-order valence-corrected chi connectivity index (χ0v) is 9.42. The molecule has 0 atom stereocenters. The van der Waals surface area contributed by atoms with Crippen LogP contribution in [0.15, 0.2) is 42.7 Å². The van der Waals surface area contributed by atoms with E-state index in [4.69, 9.17) is 5.11 Å². The van der Waals surface area contributed by atoms with Gasteiger partial charge in [0.1, 0.15) is 0 Å². The van der Waals surface area contributed by atoms with Crippen molar-refractivity contribution in [3.63, 3.8) is 0 Å². The second-order valence-electron chi connectivity index (χ2n) is 3.88. The van der Waals surface area contributed by atoms with Gasteiger partial charge in [-0.2, -0.15) is 5.10 Å². The van der Waals surface area contributed by atoms with Crippen LogP contribution in [0.4, 0.5) is 4.39 Å². The van der Waals surface area contributed by atoms with Crippen molar-refractivity contribution in [3.8, 4) is 5.82 Å². The molecule has 0 radical (unpaired) electrons. The number of para-hydroxylation sites is 1. The molecule has 0 unspecified atom stereocenters. The molecule has 1 N–H and O–H groups in total. The molecule has 0 bridgehead atoms. The number of rotatable bonds is 2. The predicted octanol–water partition coefficient (Wildman–Crippen LogP) is 2.05. The van der Waals surface area contributed by atoms with Crippen LogP contribution in [0.2, 0.25) is 0 Å². The number of nitrogens with zero attached hydrogens (tertiary/aromatic N) is 3. The van der Waals surface area contributed by atoms with Gasteiger partial charge in [0.15, 0.2) is 11.6 Å². The van der Waals surface area contributed by atoms with Crippen LogP contribution in [0, 0.1) is 5.82 Å². The maximum atomic E-state index is 14.1. The van der Waals surface area contributed by atoms with Crippen LogP contribution >= 0.6 is 0 Å². The molecule has 0 aliphatic carbocycles.